The first-order valence-electron chi connectivity index (χ1n) is 20.9. The molecule has 0 amide bonds. The summed E-state index contributed by atoms with van der Waals surface area (Å²) in [7, 11) is 0. The number of benzene rings is 9. The van der Waals surface area contributed by atoms with Crippen LogP contribution in [0.25, 0.3) is 66.2 Å². The Hall–Kier alpha value is -8.01. The van der Waals surface area contributed by atoms with Gasteiger partial charge in [0.2, 0.25) is 0 Å². The van der Waals surface area contributed by atoms with Crippen LogP contribution < -0.4 is 4.90 Å². The highest BCUT2D eigenvalue weighted by Crippen LogP contribution is 2.57. The molecule has 2 aromatic heterocycles. The van der Waals surface area contributed by atoms with Gasteiger partial charge in [-0.15, -0.1) is 0 Å². The van der Waals surface area contributed by atoms with Crippen molar-refractivity contribution in [3.63, 3.8) is 0 Å². The maximum absolute atomic E-state index is 6.90. The number of fused-ring (bicyclic) bond motifs is 8. The maximum Gasteiger partial charge on any atom is 0.138 e. The molecule has 0 saturated heterocycles. The third-order valence-electron chi connectivity index (χ3n) is 12.6. The van der Waals surface area contributed by atoms with Crippen molar-refractivity contribution >= 4 is 49.8 Å². The summed E-state index contributed by atoms with van der Waals surface area (Å²) in [6, 6.07) is 80.7. The second kappa shape index (κ2) is 14.1. The van der Waals surface area contributed by atoms with Crippen molar-refractivity contribution in [2.24, 2.45) is 0 Å². The summed E-state index contributed by atoms with van der Waals surface area (Å²) in [5.41, 5.74) is 16.1. The van der Waals surface area contributed by atoms with Crippen molar-refractivity contribution in [2.75, 3.05) is 4.90 Å². The largest absolute Gasteiger partial charge is 0.456 e. The quantitative estimate of drug-likeness (QED) is 0.161. The van der Waals surface area contributed by atoms with Gasteiger partial charge in [0.25, 0.3) is 0 Å². The Kier molecular flexibility index (Phi) is 8.07. The number of para-hydroxylation sites is 1. The Labute approximate surface area is 354 Å². The van der Waals surface area contributed by atoms with Crippen LogP contribution in [0.3, 0.4) is 0 Å². The predicted octanol–water partition coefficient (Wildman–Crippen LogP) is 15.3. The van der Waals surface area contributed by atoms with E-state index in [4.69, 9.17) is 9.40 Å². The summed E-state index contributed by atoms with van der Waals surface area (Å²) in [6.07, 6.45) is 1.99. The van der Waals surface area contributed by atoms with E-state index in [0.717, 1.165) is 72.2 Å². The Balaban J connectivity index is 1.09. The van der Waals surface area contributed by atoms with Crippen molar-refractivity contribution in [2.45, 2.75) is 5.41 Å². The van der Waals surface area contributed by atoms with Gasteiger partial charge in [-0.3, -0.25) is 4.98 Å². The van der Waals surface area contributed by atoms with Gasteiger partial charge in [0.15, 0.2) is 0 Å². The molecule has 0 fully saturated rings. The third kappa shape index (κ3) is 5.41. The molecule has 11 aromatic rings. The Morgan fingerprint density at radius 3 is 1.74 bits per heavy atom. The zero-order valence-corrected chi connectivity index (χ0v) is 33.2. The first kappa shape index (κ1) is 35.0. The third-order valence-corrected chi connectivity index (χ3v) is 12.6. The van der Waals surface area contributed by atoms with Crippen LogP contribution in [0.1, 0.15) is 22.3 Å². The molecule has 0 unspecified atom stereocenters. The maximum atomic E-state index is 6.90. The molecule has 0 radical (unpaired) electrons. The van der Waals surface area contributed by atoms with E-state index in [-0.39, 0.29) is 0 Å². The summed E-state index contributed by atoms with van der Waals surface area (Å²) in [4.78, 5) is 7.32. The number of nitrogens with zero attached hydrogens (tertiary/aromatic N) is 2. The van der Waals surface area contributed by atoms with Gasteiger partial charge in [-0.1, -0.05) is 182 Å². The van der Waals surface area contributed by atoms with Crippen molar-refractivity contribution < 1.29 is 4.42 Å². The number of hydrogen-bond acceptors (Lipinski definition) is 3. The number of hydrogen-bond donors (Lipinski definition) is 0. The molecule has 3 heteroatoms. The molecule has 12 rings (SSSR count). The van der Waals surface area contributed by atoms with E-state index in [1.807, 2.05) is 24.4 Å². The Morgan fingerprint density at radius 1 is 0.393 bits per heavy atom. The molecule has 9 aromatic carbocycles. The van der Waals surface area contributed by atoms with Gasteiger partial charge in [0.1, 0.15) is 11.2 Å². The Morgan fingerprint density at radius 2 is 1.02 bits per heavy atom. The van der Waals surface area contributed by atoms with Crippen LogP contribution in [-0.4, -0.2) is 4.98 Å². The average molecular weight is 779 g/mol. The summed E-state index contributed by atoms with van der Waals surface area (Å²) in [5, 5.41) is 4.45. The van der Waals surface area contributed by atoms with Crippen LogP contribution in [0, 0.1) is 0 Å². The lowest BCUT2D eigenvalue weighted by Crippen LogP contribution is -2.28. The highest BCUT2D eigenvalue weighted by Gasteiger charge is 2.46. The van der Waals surface area contributed by atoms with Crippen LogP contribution in [-0.2, 0) is 5.41 Å². The SMILES string of the molecule is c1ccc(-c2ccc(-c3cccc4oc5cc(N(c6ccccc6)c6ccc7c(c6)C(c6ccccc6)(c6ccccc6)c6ccccc6-7)c6ccccc6c5c34)cn2)cc1. The fraction of sp³-hybridized carbons (Fsp3) is 0.0172. The van der Waals surface area contributed by atoms with Gasteiger partial charge in [-0.05, 0) is 80.7 Å². The van der Waals surface area contributed by atoms with E-state index in [1.54, 1.807) is 0 Å². The van der Waals surface area contributed by atoms with E-state index in [2.05, 4.69) is 211 Å². The predicted molar refractivity (Wildman–Crippen MR) is 252 cm³/mol. The number of rotatable bonds is 7. The van der Waals surface area contributed by atoms with Gasteiger partial charge < -0.3 is 9.32 Å². The summed E-state index contributed by atoms with van der Waals surface area (Å²) in [6.45, 7) is 0. The minimum absolute atomic E-state index is 0.526. The van der Waals surface area contributed by atoms with E-state index >= 15 is 0 Å². The van der Waals surface area contributed by atoms with E-state index in [0.29, 0.717) is 0 Å². The fourth-order valence-corrected chi connectivity index (χ4v) is 10.00. The first-order chi connectivity index (χ1) is 30.3. The van der Waals surface area contributed by atoms with Crippen molar-refractivity contribution in [1.29, 1.82) is 0 Å². The minimum atomic E-state index is -0.526. The highest BCUT2D eigenvalue weighted by molar-refractivity contribution is 6.25. The minimum Gasteiger partial charge on any atom is -0.456 e. The molecule has 0 spiro atoms. The van der Waals surface area contributed by atoms with E-state index < -0.39 is 5.41 Å². The summed E-state index contributed by atoms with van der Waals surface area (Å²) < 4.78 is 6.90. The second-order valence-electron chi connectivity index (χ2n) is 15.8. The van der Waals surface area contributed by atoms with Gasteiger partial charge in [-0.25, -0.2) is 0 Å². The van der Waals surface area contributed by atoms with Crippen LogP contribution >= 0.6 is 0 Å². The normalized spacial score (nSPS) is 12.7. The van der Waals surface area contributed by atoms with E-state index in [1.165, 1.54) is 33.4 Å². The van der Waals surface area contributed by atoms with Crippen LogP contribution in [0.4, 0.5) is 17.1 Å². The van der Waals surface area contributed by atoms with Crippen molar-refractivity contribution in [3.05, 3.63) is 253 Å². The zero-order valence-electron chi connectivity index (χ0n) is 33.2. The molecular weight excluding hydrogens is 741 g/mol. The second-order valence-corrected chi connectivity index (χ2v) is 15.8. The average Bonchev–Trinajstić information content (AvgIpc) is 3.87. The van der Waals surface area contributed by atoms with Crippen LogP contribution in [0.15, 0.2) is 235 Å². The lowest BCUT2D eigenvalue weighted by atomic mass is 9.67. The molecule has 2 heterocycles. The molecule has 0 aliphatic heterocycles. The number of pyridine rings is 1. The van der Waals surface area contributed by atoms with E-state index in [9.17, 15) is 0 Å². The lowest BCUT2D eigenvalue weighted by molar-refractivity contribution is 0.669. The van der Waals surface area contributed by atoms with Gasteiger partial charge >= 0.3 is 0 Å². The molecule has 1 aliphatic carbocycles. The number of furan rings is 1. The molecule has 61 heavy (non-hydrogen) atoms. The fourth-order valence-electron chi connectivity index (χ4n) is 10.00. The molecule has 1 aliphatic rings. The molecule has 0 atom stereocenters. The van der Waals surface area contributed by atoms with Crippen LogP contribution in [0.2, 0.25) is 0 Å². The molecule has 0 N–H and O–H groups in total. The molecular formula is C58H38N2O. The standard InChI is InChI=1S/C58H38N2O/c1-5-18-39(19-6-1)52-35-32-40(38-59-52)45-29-17-31-54-56(45)57-49-28-14-13-27-48(49)53(37-55(57)61-54)60(43-24-11-4-12-25-43)44-33-34-47-46-26-15-16-30-50(46)58(51(47)36-44,41-20-7-2-8-21-41)42-22-9-3-10-23-42/h1-38H. The summed E-state index contributed by atoms with van der Waals surface area (Å²) in [5.74, 6) is 0. The topological polar surface area (TPSA) is 29.3 Å². The van der Waals surface area contributed by atoms with Crippen LogP contribution in [0.5, 0.6) is 0 Å². The molecule has 286 valence electrons. The summed E-state index contributed by atoms with van der Waals surface area (Å²) >= 11 is 0. The smallest absolute Gasteiger partial charge is 0.138 e. The molecule has 0 bridgehead atoms. The van der Waals surface area contributed by atoms with Gasteiger partial charge in [0.05, 0.1) is 16.8 Å². The lowest BCUT2D eigenvalue weighted by Gasteiger charge is -2.35. The first-order valence-corrected chi connectivity index (χ1v) is 20.9. The highest BCUT2D eigenvalue weighted by atomic mass is 16.3. The van der Waals surface area contributed by atoms with Crippen molar-refractivity contribution in [3.8, 4) is 33.5 Å². The monoisotopic (exact) mass is 778 g/mol. The zero-order chi connectivity index (χ0) is 40.3. The molecule has 3 nitrogen and oxygen atoms in total. The molecule has 0 saturated carbocycles. The number of aromatic nitrogens is 1. The number of anilines is 3. The van der Waals surface area contributed by atoms with Gasteiger partial charge in [0, 0.05) is 50.9 Å². The van der Waals surface area contributed by atoms with Crippen molar-refractivity contribution in [1.82, 2.24) is 4.98 Å². The van der Waals surface area contributed by atoms with Gasteiger partial charge in [-0.2, -0.15) is 0 Å². The Bertz CT molecular complexity index is 3350.